The molecular formula is C24H24N2O2S. The average molecular weight is 405 g/mol. The number of aryl methyl sites for hydroxylation is 1. The molecule has 0 amide bonds. The van der Waals surface area contributed by atoms with Crippen LogP contribution in [0, 0.1) is 0 Å². The van der Waals surface area contributed by atoms with Crippen LogP contribution in [0.5, 0.6) is 0 Å². The van der Waals surface area contributed by atoms with Crippen molar-refractivity contribution >= 4 is 32.5 Å². The van der Waals surface area contributed by atoms with Gasteiger partial charge in [-0.25, -0.2) is 9.78 Å². The Hall–Kier alpha value is -2.50. The predicted molar refractivity (Wildman–Crippen MR) is 119 cm³/mol. The third-order valence-corrected chi connectivity index (χ3v) is 7.06. The van der Waals surface area contributed by atoms with Crippen LogP contribution >= 0.6 is 11.3 Å². The molecule has 148 valence electrons. The maximum Gasteiger partial charge on any atom is 0.336 e. The minimum absolute atomic E-state index is 0.263. The summed E-state index contributed by atoms with van der Waals surface area (Å²) >= 11 is 1.82. The summed E-state index contributed by atoms with van der Waals surface area (Å²) in [5.41, 5.74) is 3.78. The van der Waals surface area contributed by atoms with E-state index in [0.29, 0.717) is 11.5 Å². The molecule has 1 fully saturated rings. The molecule has 5 rings (SSSR count). The van der Waals surface area contributed by atoms with E-state index >= 15 is 0 Å². The van der Waals surface area contributed by atoms with Crippen molar-refractivity contribution in [2.45, 2.75) is 38.6 Å². The van der Waals surface area contributed by atoms with Crippen LogP contribution < -0.4 is 5.63 Å². The summed E-state index contributed by atoms with van der Waals surface area (Å²) < 4.78 is 6.74. The van der Waals surface area contributed by atoms with E-state index in [1.165, 1.54) is 21.7 Å². The summed E-state index contributed by atoms with van der Waals surface area (Å²) in [6.07, 6.45) is 3.26. The van der Waals surface area contributed by atoms with Gasteiger partial charge in [0, 0.05) is 30.5 Å². The lowest BCUT2D eigenvalue weighted by molar-refractivity contribution is 0.200. The van der Waals surface area contributed by atoms with Gasteiger partial charge in [0.15, 0.2) is 0 Å². The summed E-state index contributed by atoms with van der Waals surface area (Å²) in [6.45, 7) is 4.92. The predicted octanol–water partition coefficient (Wildman–Crippen LogP) is 5.34. The van der Waals surface area contributed by atoms with E-state index < -0.39 is 0 Å². The summed E-state index contributed by atoms with van der Waals surface area (Å²) in [7, 11) is 0. The fraction of sp³-hybridized carbons (Fsp3) is 0.333. The van der Waals surface area contributed by atoms with Crippen LogP contribution in [0.4, 0.5) is 0 Å². The molecule has 0 unspecified atom stereocenters. The summed E-state index contributed by atoms with van der Waals surface area (Å²) in [5.74, 6) is 0.458. The van der Waals surface area contributed by atoms with E-state index in [9.17, 15) is 4.79 Å². The van der Waals surface area contributed by atoms with Crippen molar-refractivity contribution in [3.8, 4) is 0 Å². The van der Waals surface area contributed by atoms with E-state index in [-0.39, 0.29) is 5.63 Å². The lowest BCUT2D eigenvalue weighted by Gasteiger charge is -2.31. The molecule has 5 heteroatoms. The molecule has 1 saturated heterocycles. The molecule has 0 aliphatic carbocycles. The van der Waals surface area contributed by atoms with Gasteiger partial charge in [0.1, 0.15) is 5.58 Å². The van der Waals surface area contributed by atoms with Crippen LogP contribution in [0.1, 0.15) is 41.8 Å². The first-order valence-corrected chi connectivity index (χ1v) is 11.1. The van der Waals surface area contributed by atoms with Gasteiger partial charge in [-0.1, -0.05) is 31.2 Å². The number of hydrogen-bond acceptors (Lipinski definition) is 5. The number of piperidine rings is 1. The van der Waals surface area contributed by atoms with E-state index in [1.54, 1.807) is 6.07 Å². The Bertz CT molecular complexity index is 1190. The molecule has 0 bridgehead atoms. The molecular weight excluding hydrogens is 380 g/mol. The van der Waals surface area contributed by atoms with Crippen LogP contribution in [0.15, 0.2) is 57.7 Å². The molecule has 4 nitrogen and oxygen atoms in total. The Morgan fingerprint density at radius 2 is 2.10 bits per heavy atom. The number of hydrogen-bond donors (Lipinski definition) is 0. The van der Waals surface area contributed by atoms with Crippen LogP contribution in [0.2, 0.25) is 0 Å². The van der Waals surface area contributed by atoms with Gasteiger partial charge in [-0.15, -0.1) is 11.3 Å². The number of likely N-dealkylation sites (tertiary alicyclic amines) is 1. The fourth-order valence-electron chi connectivity index (χ4n) is 4.33. The van der Waals surface area contributed by atoms with Crippen molar-refractivity contribution in [2.24, 2.45) is 0 Å². The number of rotatable bonds is 4. The topological polar surface area (TPSA) is 46.3 Å². The molecule has 1 atom stereocenters. The lowest BCUT2D eigenvalue weighted by Crippen LogP contribution is -2.34. The van der Waals surface area contributed by atoms with E-state index in [2.05, 4.69) is 48.2 Å². The first-order chi connectivity index (χ1) is 14.2. The second kappa shape index (κ2) is 7.73. The molecule has 29 heavy (non-hydrogen) atoms. The van der Waals surface area contributed by atoms with Gasteiger partial charge in [0.05, 0.1) is 15.2 Å². The molecule has 0 N–H and O–H groups in total. The van der Waals surface area contributed by atoms with Crippen LogP contribution in [-0.2, 0) is 13.0 Å². The van der Waals surface area contributed by atoms with Gasteiger partial charge in [-0.05, 0) is 55.1 Å². The molecule has 1 aliphatic rings. The highest BCUT2D eigenvalue weighted by Crippen LogP contribution is 2.33. The number of para-hydroxylation sites is 1. The number of fused-ring (bicyclic) bond motifs is 2. The molecule has 3 heterocycles. The first kappa shape index (κ1) is 18.5. The largest absolute Gasteiger partial charge is 0.423 e. The Morgan fingerprint density at radius 1 is 1.21 bits per heavy atom. The van der Waals surface area contributed by atoms with Gasteiger partial charge in [-0.2, -0.15) is 0 Å². The maximum absolute atomic E-state index is 12.1. The van der Waals surface area contributed by atoms with Crippen molar-refractivity contribution < 1.29 is 4.42 Å². The number of benzene rings is 2. The van der Waals surface area contributed by atoms with Gasteiger partial charge in [0.2, 0.25) is 0 Å². The maximum atomic E-state index is 12.1. The Kier molecular flexibility index (Phi) is 4.94. The molecule has 1 aliphatic heterocycles. The molecule has 0 spiro atoms. The van der Waals surface area contributed by atoms with Gasteiger partial charge < -0.3 is 4.42 Å². The van der Waals surface area contributed by atoms with Gasteiger partial charge in [0.25, 0.3) is 0 Å². The minimum atomic E-state index is -0.263. The van der Waals surface area contributed by atoms with Crippen molar-refractivity contribution in [3.05, 3.63) is 75.1 Å². The Balaban J connectivity index is 1.41. The minimum Gasteiger partial charge on any atom is -0.423 e. The van der Waals surface area contributed by atoms with E-state index in [4.69, 9.17) is 9.40 Å². The lowest BCUT2D eigenvalue weighted by atomic mass is 9.97. The molecule has 2 aromatic carbocycles. The number of nitrogens with zero attached hydrogens (tertiary/aromatic N) is 2. The fourth-order valence-corrected chi connectivity index (χ4v) is 5.42. The highest BCUT2D eigenvalue weighted by Gasteiger charge is 2.24. The zero-order valence-corrected chi connectivity index (χ0v) is 17.4. The standard InChI is InChI=1S/C24H24N2O2S/c1-2-16-9-10-19-18(13-23(27)28-21(19)12-16)15-26-11-5-6-17(14-26)24-25-20-7-3-4-8-22(20)29-24/h3-4,7-10,12-13,17H,2,5-6,11,14-15H2,1H3/t17-/m0/s1. The van der Waals surface area contributed by atoms with Crippen LogP contribution in [0.3, 0.4) is 0 Å². The van der Waals surface area contributed by atoms with Crippen LogP contribution in [-0.4, -0.2) is 23.0 Å². The third-order valence-electron chi connectivity index (χ3n) is 5.86. The first-order valence-electron chi connectivity index (χ1n) is 10.3. The molecule has 2 aromatic heterocycles. The number of aromatic nitrogens is 1. The van der Waals surface area contributed by atoms with E-state index in [1.807, 2.05) is 17.4 Å². The molecule has 0 saturated carbocycles. The second-order valence-corrected chi connectivity index (χ2v) is 8.93. The highest BCUT2D eigenvalue weighted by molar-refractivity contribution is 7.18. The third kappa shape index (κ3) is 3.72. The van der Waals surface area contributed by atoms with Crippen molar-refractivity contribution in [3.63, 3.8) is 0 Å². The van der Waals surface area contributed by atoms with Gasteiger partial charge >= 0.3 is 5.63 Å². The molecule has 4 aromatic rings. The summed E-state index contributed by atoms with van der Waals surface area (Å²) in [5, 5.41) is 2.28. The Labute approximate surface area is 173 Å². The van der Waals surface area contributed by atoms with Crippen molar-refractivity contribution in [1.82, 2.24) is 9.88 Å². The normalized spacial score (nSPS) is 17.9. The zero-order valence-electron chi connectivity index (χ0n) is 16.6. The van der Waals surface area contributed by atoms with E-state index in [0.717, 1.165) is 48.9 Å². The average Bonchev–Trinajstić information content (AvgIpc) is 3.18. The Morgan fingerprint density at radius 3 is 2.97 bits per heavy atom. The van der Waals surface area contributed by atoms with Crippen LogP contribution in [0.25, 0.3) is 21.2 Å². The SMILES string of the molecule is CCc1ccc2c(CN3CCC[C@H](c4nc5ccccc5s4)C3)cc(=O)oc2c1. The number of thiazole rings is 1. The summed E-state index contributed by atoms with van der Waals surface area (Å²) in [6, 6.07) is 16.3. The van der Waals surface area contributed by atoms with Crippen molar-refractivity contribution in [2.75, 3.05) is 13.1 Å². The monoisotopic (exact) mass is 404 g/mol. The summed E-state index contributed by atoms with van der Waals surface area (Å²) in [4.78, 5) is 19.5. The second-order valence-electron chi connectivity index (χ2n) is 7.87. The van der Waals surface area contributed by atoms with Crippen molar-refractivity contribution in [1.29, 1.82) is 0 Å². The quantitative estimate of drug-likeness (QED) is 0.431. The molecule has 0 radical (unpaired) electrons. The van der Waals surface area contributed by atoms with Gasteiger partial charge in [-0.3, -0.25) is 4.90 Å². The highest BCUT2D eigenvalue weighted by atomic mass is 32.1. The zero-order chi connectivity index (χ0) is 19.8. The smallest absolute Gasteiger partial charge is 0.336 e.